The van der Waals surface area contributed by atoms with Crippen LogP contribution < -0.4 is 19.6 Å². The second-order valence-electron chi connectivity index (χ2n) is 4.89. The molecule has 1 aromatic heterocycles. The van der Waals surface area contributed by atoms with E-state index in [1.54, 1.807) is 18.2 Å². The fraction of sp³-hybridized carbons (Fsp3) is 0.118. The summed E-state index contributed by atoms with van der Waals surface area (Å²) in [5, 5.41) is 19.2. The predicted molar refractivity (Wildman–Crippen MR) is 85.4 cm³/mol. The third-order valence-electron chi connectivity index (χ3n) is 3.40. The molecule has 0 amide bonds. The number of ether oxygens (including phenoxy) is 3. The van der Waals surface area contributed by atoms with Crippen molar-refractivity contribution in [1.82, 2.24) is 0 Å². The summed E-state index contributed by atoms with van der Waals surface area (Å²) in [4.78, 5) is 12.5. The van der Waals surface area contributed by atoms with Crippen LogP contribution in [-0.4, -0.2) is 24.4 Å². The van der Waals surface area contributed by atoms with Crippen LogP contribution in [0.2, 0.25) is 0 Å². The first-order valence-electron chi connectivity index (χ1n) is 6.91. The fourth-order valence-corrected chi connectivity index (χ4v) is 2.25. The van der Waals surface area contributed by atoms with E-state index in [4.69, 9.17) is 18.6 Å². The third-order valence-corrected chi connectivity index (χ3v) is 3.40. The lowest BCUT2D eigenvalue weighted by molar-refractivity contribution is 0.364. The van der Waals surface area contributed by atoms with Gasteiger partial charge in [-0.1, -0.05) is 0 Å². The molecule has 0 spiro atoms. The minimum atomic E-state index is -0.577. The van der Waals surface area contributed by atoms with Crippen molar-refractivity contribution >= 4 is 11.0 Å². The molecule has 0 radical (unpaired) electrons. The summed E-state index contributed by atoms with van der Waals surface area (Å²) in [5.41, 5.74) is -0.529. The van der Waals surface area contributed by atoms with Crippen molar-refractivity contribution < 1.29 is 28.8 Å². The number of fused-ring (bicyclic) bond motifs is 1. The van der Waals surface area contributed by atoms with Gasteiger partial charge in [-0.2, -0.15) is 0 Å². The molecule has 2 aromatic carbocycles. The molecule has 0 saturated carbocycles. The number of methoxy groups -OCH3 is 2. The van der Waals surface area contributed by atoms with Crippen LogP contribution in [0, 0.1) is 0 Å². The summed E-state index contributed by atoms with van der Waals surface area (Å²) < 4.78 is 21.1. The van der Waals surface area contributed by atoms with Gasteiger partial charge >= 0.3 is 0 Å². The van der Waals surface area contributed by atoms with Gasteiger partial charge in [-0.25, -0.2) is 0 Å². The van der Waals surface area contributed by atoms with Crippen LogP contribution in [0.15, 0.2) is 45.8 Å². The van der Waals surface area contributed by atoms with E-state index in [9.17, 15) is 15.0 Å². The topological polar surface area (TPSA) is 98.4 Å². The Morgan fingerprint density at radius 1 is 0.958 bits per heavy atom. The first-order chi connectivity index (χ1) is 11.5. The van der Waals surface area contributed by atoms with Crippen molar-refractivity contribution in [3.05, 3.63) is 46.8 Å². The second-order valence-corrected chi connectivity index (χ2v) is 4.89. The number of benzene rings is 2. The summed E-state index contributed by atoms with van der Waals surface area (Å²) in [6.45, 7) is 0. The van der Waals surface area contributed by atoms with Gasteiger partial charge < -0.3 is 28.8 Å². The van der Waals surface area contributed by atoms with Gasteiger partial charge in [-0.3, -0.25) is 4.79 Å². The van der Waals surface area contributed by atoms with Crippen LogP contribution in [0.25, 0.3) is 11.0 Å². The molecule has 0 atom stereocenters. The van der Waals surface area contributed by atoms with Gasteiger partial charge in [0.15, 0.2) is 11.5 Å². The van der Waals surface area contributed by atoms with Gasteiger partial charge in [0.25, 0.3) is 0 Å². The predicted octanol–water partition coefficient (Wildman–Crippen LogP) is 3.01. The highest BCUT2D eigenvalue weighted by molar-refractivity contribution is 5.85. The molecule has 24 heavy (non-hydrogen) atoms. The van der Waals surface area contributed by atoms with Crippen LogP contribution in [0.3, 0.4) is 0 Å². The highest BCUT2D eigenvalue weighted by Gasteiger charge is 2.16. The molecule has 3 aromatic rings. The molecule has 0 bridgehead atoms. The minimum absolute atomic E-state index is 0.0477. The van der Waals surface area contributed by atoms with Crippen molar-refractivity contribution in [3.8, 4) is 34.5 Å². The number of rotatable bonds is 4. The Labute approximate surface area is 136 Å². The first-order valence-corrected chi connectivity index (χ1v) is 6.91. The van der Waals surface area contributed by atoms with Crippen molar-refractivity contribution in [2.24, 2.45) is 0 Å². The highest BCUT2D eigenvalue weighted by atomic mass is 16.5. The van der Waals surface area contributed by atoms with Crippen LogP contribution in [0.1, 0.15) is 0 Å². The third kappa shape index (κ3) is 2.67. The number of phenols is 2. The van der Waals surface area contributed by atoms with E-state index >= 15 is 0 Å². The van der Waals surface area contributed by atoms with Crippen LogP contribution in [0.4, 0.5) is 0 Å². The van der Waals surface area contributed by atoms with Crippen LogP contribution >= 0.6 is 0 Å². The second kappa shape index (κ2) is 6.04. The number of hydrogen-bond acceptors (Lipinski definition) is 7. The minimum Gasteiger partial charge on any atom is -0.508 e. The maximum absolute atomic E-state index is 12.5. The molecule has 0 aliphatic heterocycles. The molecule has 0 unspecified atom stereocenters. The summed E-state index contributed by atoms with van der Waals surface area (Å²) in [6, 6.07) is 7.12. The molecule has 3 rings (SSSR count). The summed E-state index contributed by atoms with van der Waals surface area (Å²) >= 11 is 0. The number of phenolic OH excluding ortho intramolecular Hbond substituents is 2. The zero-order valence-corrected chi connectivity index (χ0v) is 12.9. The lowest BCUT2D eigenvalue weighted by Gasteiger charge is -2.11. The maximum Gasteiger partial charge on any atom is 0.238 e. The molecular weight excluding hydrogens is 316 g/mol. The Bertz CT molecular complexity index is 959. The highest BCUT2D eigenvalue weighted by Crippen LogP contribution is 2.35. The lowest BCUT2D eigenvalue weighted by Crippen LogP contribution is -2.05. The summed E-state index contributed by atoms with van der Waals surface area (Å²) in [5.74, 6) is 0.469. The van der Waals surface area contributed by atoms with Crippen LogP contribution in [0.5, 0.6) is 34.5 Å². The van der Waals surface area contributed by atoms with E-state index < -0.39 is 11.2 Å². The number of aromatic hydroxyl groups is 2. The number of hydrogen-bond donors (Lipinski definition) is 2. The van der Waals surface area contributed by atoms with Crippen LogP contribution in [-0.2, 0) is 0 Å². The van der Waals surface area contributed by atoms with Crippen molar-refractivity contribution in [3.63, 3.8) is 0 Å². The normalized spacial score (nSPS) is 10.6. The van der Waals surface area contributed by atoms with Gasteiger partial charge in [-0.15, -0.1) is 0 Å². The molecule has 1 heterocycles. The quantitative estimate of drug-likeness (QED) is 0.758. The molecule has 7 heteroatoms. The lowest BCUT2D eigenvalue weighted by atomic mass is 10.2. The average molecular weight is 330 g/mol. The average Bonchev–Trinajstić information content (AvgIpc) is 2.57. The Hall–Kier alpha value is -3.35. The molecule has 124 valence electrons. The van der Waals surface area contributed by atoms with E-state index in [1.807, 2.05) is 0 Å². The van der Waals surface area contributed by atoms with E-state index in [2.05, 4.69) is 0 Å². The Balaban J connectivity index is 2.08. The van der Waals surface area contributed by atoms with E-state index in [-0.39, 0.29) is 28.2 Å². The van der Waals surface area contributed by atoms with Gasteiger partial charge in [-0.05, 0) is 12.1 Å². The standard InChI is InChI=1S/C17H14O7/c1-21-10-3-4-12(13(7-10)22-2)24-15-8-23-14-6-9(18)5-11(19)16(14)17(15)20/h3-8,18-19H,1-2H3. The maximum atomic E-state index is 12.5. The Morgan fingerprint density at radius 2 is 1.75 bits per heavy atom. The SMILES string of the molecule is COc1ccc(Oc2coc3cc(O)cc(O)c3c2=O)c(OC)c1. The zero-order chi connectivity index (χ0) is 17.3. The van der Waals surface area contributed by atoms with Gasteiger partial charge in [0.05, 0.1) is 14.2 Å². The molecule has 2 N–H and O–H groups in total. The van der Waals surface area contributed by atoms with E-state index in [0.717, 1.165) is 12.3 Å². The monoisotopic (exact) mass is 330 g/mol. The first kappa shape index (κ1) is 15.5. The Kier molecular flexibility index (Phi) is 3.91. The van der Waals surface area contributed by atoms with Crippen molar-refractivity contribution in [2.45, 2.75) is 0 Å². The molecule has 0 saturated heterocycles. The molecule has 0 aliphatic rings. The van der Waals surface area contributed by atoms with Gasteiger partial charge in [0.2, 0.25) is 11.2 Å². The largest absolute Gasteiger partial charge is 0.508 e. The zero-order valence-electron chi connectivity index (χ0n) is 12.9. The van der Waals surface area contributed by atoms with E-state index in [1.165, 1.54) is 20.3 Å². The smallest absolute Gasteiger partial charge is 0.238 e. The van der Waals surface area contributed by atoms with E-state index in [0.29, 0.717) is 11.5 Å². The fourth-order valence-electron chi connectivity index (χ4n) is 2.25. The Morgan fingerprint density at radius 3 is 2.46 bits per heavy atom. The van der Waals surface area contributed by atoms with Gasteiger partial charge in [0, 0.05) is 18.2 Å². The molecular formula is C17H14O7. The van der Waals surface area contributed by atoms with Gasteiger partial charge in [0.1, 0.15) is 34.5 Å². The van der Waals surface area contributed by atoms with Crippen molar-refractivity contribution in [1.29, 1.82) is 0 Å². The molecule has 0 aliphatic carbocycles. The molecule has 7 nitrogen and oxygen atoms in total. The molecule has 0 fully saturated rings. The summed E-state index contributed by atoms with van der Waals surface area (Å²) in [6.07, 6.45) is 1.10. The van der Waals surface area contributed by atoms with Crippen molar-refractivity contribution in [2.75, 3.05) is 14.2 Å². The summed E-state index contributed by atoms with van der Waals surface area (Å²) in [7, 11) is 2.98.